The van der Waals surface area contributed by atoms with Crippen molar-refractivity contribution in [1.82, 2.24) is 0 Å². The first-order valence-corrected chi connectivity index (χ1v) is 8.64. The summed E-state index contributed by atoms with van der Waals surface area (Å²) in [7, 11) is 1.65. The largest absolute Gasteiger partial charge is 0.497 e. The van der Waals surface area contributed by atoms with Gasteiger partial charge in [0, 0.05) is 24.3 Å². The second-order valence-corrected chi connectivity index (χ2v) is 6.10. The summed E-state index contributed by atoms with van der Waals surface area (Å²) < 4.78 is 5.13. The predicted molar refractivity (Wildman–Crippen MR) is 103 cm³/mol. The number of benzene rings is 2. The number of nitrogens with zero attached hydrogens (tertiary/aromatic N) is 1. The Morgan fingerprint density at radius 1 is 0.960 bits per heavy atom. The van der Waals surface area contributed by atoms with Gasteiger partial charge in [-0.2, -0.15) is 0 Å². The molecule has 0 N–H and O–H groups in total. The summed E-state index contributed by atoms with van der Waals surface area (Å²) in [6.45, 7) is 2.23. The molecule has 128 valence electrons. The minimum Gasteiger partial charge on any atom is -0.497 e. The summed E-state index contributed by atoms with van der Waals surface area (Å²) in [6.07, 6.45) is 9.72. The van der Waals surface area contributed by atoms with Crippen molar-refractivity contribution in [3.05, 3.63) is 77.9 Å². The zero-order valence-electron chi connectivity index (χ0n) is 14.5. The van der Waals surface area contributed by atoms with Crippen LogP contribution in [0, 0.1) is 0 Å². The number of anilines is 1. The molecule has 1 fully saturated rings. The molecule has 25 heavy (non-hydrogen) atoms. The van der Waals surface area contributed by atoms with Crippen LogP contribution in [0.1, 0.15) is 28.8 Å². The lowest BCUT2D eigenvalue weighted by Gasteiger charge is -2.17. The summed E-state index contributed by atoms with van der Waals surface area (Å²) in [6, 6.07) is 15.7. The zero-order chi connectivity index (χ0) is 17.5. The molecule has 1 aliphatic heterocycles. The molecule has 3 heteroatoms. The highest BCUT2D eigenvalue weighted by molar-refractivity contribution is 6.04. The topological polar surface area (TPSA) is 29.5 Å². The number of carbonyl (C=O) groups is 1. The highest BCUT2D eigenvalue weighted by Crippen LogP contribution is 2.20. The lowest BCUT2D eigenvalue weighted by atomic mass is 10.1. The molecule has 2 aromatic carbocycles. The molecule has 2 aromatic rings. The van der Waals surface area contributed by atoms with Crippen molar-refractivity contribution in [2.75, 3.05) is 25.1 Å². The molecule has 3 nitrogen and oxygen atoms in total. The molecule has 1 aliphatic rings. The molecule has 0 aromatic heterocycles. The van der Waals surface area contributed by atoms with Crippen LogP contribution in [-0.4, -0.2) is 26.0 Å². The van der Waals surface area contributed by atoms with Gasteiger partial charge in [0.15, 0.2) is 5.78 Å². The molecule has 0 unspecified atom stereocenters. The van der Waals surface area contributed by atoms with Gasteiger partial charge in [0.2, 0.25) is 0 Å². The number of allylic oxidation sites excluding steroid dienone is 3. The Morgan fingerprint density at radius 2 is 1.64 bits per heavy atom. The molecule has 0 radical (unpaired) electrons. The second-order valence-electron chi connectivity index (χ2n) is 6.10. The van der Waals surface area contributed by atoms with Gasteiger partial charge in [0.1, 0.15) is 5.75 Å². The summed E-state index contributed by atoms with van der Waals surface area (Å²) in [5.41, 5.74) is 2.99. The third kappa shape index (κ3) is 4.60. The molecule has 1 heterocycles. The van der Waals surface area contributed by atoms with Crippen molar-refractivity contribution < 1.29 is 9.53 Å². The van der Waals surface area contributed by atoms with Crippen LogP contribution < -0.4 is 9.64 Å². The highest BCUT2D eigenvalue weighted by atomic mass is 16.5. The maximum Gasteiger partial charge on any atom is 0.185 e. The minimum atomic E-state index is 0.0207. The van der Waals surface area contributed by atoms with Crippen molar-refractivity contribution in [2.24, 2.45) is 0 Å². The minimum absolute atomic E-state index is 0.0207. The van der Waals surface area contributed by atoms with Gasteiger partial charge in [-0.15, -0.1) is 0 Å². The van der Waals surface area contributed by atoms with E-state index in [2.05, 4.69) is 4.90 Å². The maximum atomic E-state index is 12.2. The Morgan fingerprint density at radius 3 is 2.28 bits per heavy atom. The molecule has 0 amide bonds. The molecule has 0 bridgehead atoms. The van der Waals surface area contributed by atoms with Crippen molar-refractivity contribution in [2.45, 2.75) is 12.8 Å². The molecule has 0 saturated carbocycles. The van der Waals surface area contributed by atoms with E-state index in [1.54, 1.807) is 19.3 Å². The highest BCUT2D eigenvalue weighted by Gasteiger charge is 2.12. The Hall–Kier alpha value is -2.81. The number of carbonyl (C=O) groups excluding carboxylic acids is 1. The van der Waals surface area contributed by atoms with Crippen molar-refractivity contribution in [3.8, 4) is 5.75 Å². The fourth-order valence-electron chi connectivity index (χ4n) is 2.93. The van der Waals surface area contributed by atoms with Crippen LogP contribution in [-0.2, 0) is 0 Å². The third-order valence-electron chi connectivity index (χ3n) is 4.39. The average Bonchev–Trinajstić information content (AvgIpc) is 3.20. The van der Waals surface area contributed by atoms with E-state index in [4.69, 9.17) is 4.74 Å². The summed E-state index contributed by atoms with van der Waals surface area (Å²) in [4.78, 5) is 14.6. The quantitative estimate of drug-likeness (QED) is 0.434. The lowest BCUT2D eigenvalue weighted by molar-refractivity contribution is 0.104. The molecule has 1 saturated heterocycles. The number of hydrogen-bond acceptors (Lipinski definition) is 3. The zero-order valence-corrected chi connectivity index (χ0v) is 14.5. The lowest BCUT2D eigenvalue weighted by Crippen LogP contribution is -2.17. The Balaban J connectivity index is 1.57. The fourth-order valence-corrected chi connectivity index (χ4v) is 2.93. The van der Waals surface area contributed by atoms with Crippen molar-refractivity contribution in [1.29, 1.82) is 0 Å². The maximum absolute atomic E-state index is 12.2. The summed E-state index contributed by atoms with van der Waals surface area (Å²) >= 11 is 0. The van der Waals surface area contributed by atoms with E-state index in [0.717, 1.165) is 30.0 Å². The van der Waals surface area contributed by atoms with Gasteiger partial charge in [0.25, 0.3) is 0 Å². The molecule has 0 aliphatic carbocycles. The second kappa shape index (κ2) is 8.34. The third-order valence-corrected chi connectivity index (χ3v) is 4.39. The van der Waals surface area contributed by atoms with E-state index in [9.17, 15) is 4.79 Å². The fraction of sp³-hybridized carbons (Fsp3) is 0.227. The van der Waals surface area contributed by atoms with E-state index in [1.807, 2.05) is 60.7 Å². The van der Waals surface area contributed by atoms with E-state index in [0.29, 0.717) is 0 Å². The Kier molecular flexibility index (Phi) is 5.68. The van der Waals surface area contributed by atoms with Gasteiger partial charge < -0.3 is 9.64 Å². The first-order chi connectivity index (χ1) is 12.3. The predicted octanol–water partition coefficient (Wildman–Crippen LogP) is 4.75. The first kappa shape index (κ1) is 17.0. The average molecular weight is 333 g/mol. The van der Waals surface area contributed by atoms with Crippen molar-refractivity contribution >= 4 is 17.5 Å². The first-order valence-electron chi connectivity index (χ1n) is 8.64. The Labute approximate surface area is 149 Å². The van der Waals surface area contributed by atoms with Gasteiger partial charge in [-0.25, -0.2) is 0 Å². The summed E-state index contributed by atoms with van der Waals surface area (Å²) in [5.74, 6) is 0.854. The number of ether oxygens (including phenoxy) is 1. The molecular formula is C22H23NO2. The van der Waals surface area contributed by atoms with Gasteiger partial charge in [0.05, 0.1) is 7.11 Å². The molecule has 0 spiro atoms. The monoisotopic (exact) mass is 333 g/mol. The number of ketones is 1. The van der Waals surface area contributed by atoms with Crippen LogP contribution in [0.25, 0.3) is 6.08 Å². The SMILES string of the molecule is COc1ccc(/C=C/C=C\C(=O)c2ccc(N3CCCC3)cc2)cc1. The number of rotatable bonds is 6. The van der Waals surface area contributed by atoms with E-state index >= 15 is 0 Å². The van der Waals surface area contributed by atoms with Gasteiger partial charge in [-0.3, -0.25) is 4.79 Å². The van der Waals surface area contributed by atoms with E-state index in [1.165, 1.54) is 18.5 Å². The van der Waals surface area contributed by atoms with Crippen LogP contribution in [0.3, 0.4) is 0 Å². The van der Waals surface area contributed by atoms with E-state index < -0.39 is 0 Å². The van der Waals surface area contributed by atoms with Gasteiger partial charge >= 0.3 is 0 Å². The van der Waals surface area contributed by atoms with Crippen LogP contribution in [0.15, 0.2) is 66.8 Å². The van der Waals surface area contributed by atoms with Crippen LogP contribution in [0.2, 0.25) is 0 Å². The summed E-state index contributed by atoms with van der Waals surface area (Å²) in [5, 5.41) is 0. The number of hydrogen-bond donors (Lipinski definition) is 0. The van der Waals surface area contributed by atoms with Gasteiger partial charge in [-0.1, -0.05) is 30.4 Å². The van der Waals surface area contributed by atoms with Crippen LogP contribution in [0.4, 0.5) is 5.69 Å². The normalized spacial score (nSPS) is 14.5. The Bertz CT molecular complexity index is 752. The number of methoxy groups -OCH3 is 1. The molecule has 3 rings (SSSR count). The van der Waals surface area contributed by atoms with Gasteiger partial charge in [-0.05, 0) is 60.9 Å². The van der Waals surface area contributed by atoms with E-state index in [-0.39, 0.29) is 5.78 Å². The van der Waals surface area contributed by atoms with Crippen LogP contribution in [0.5, 0.6) is 5.75 Å². The molecule has 0 atom stereocenters. The van der Waals surface area contributed by atoms with Crippen LogP contribution >= 0.6 is 0 Å². The standard InChI is InChI=1S/C22H23NO2/c1-25-21-14-8-18(9-15-21)6-2-3-7-22(24)19-10-12-20(13-11-19)23-16-4-5-17-23/h2-3,6-15H,4-5,16-17H2,1H3/b6-2+,7-3-. The smallest absolute Gasteiger partial charge is 0.185 e. The molecular weight excluding hydrogens is 310 g/mol. The van der Waals surface area contributed by atoms with Crippen molar-refractivity contribution in [3.63, 3.8) is 0 Å².